The van der Waals surface area contributed by atoms with Crippen LogP contribution in [0.25, 0.3) is 0 Å². The zero-order chi connectivity index (χ0) is 11.4. The Morgan fingerprint density at radius 2 is 1.86 bits per heavy atom. The molecule has 0 aromatic carbocycles. The van der Waals surface area contributed by atoms with E-state index in [2.05, 4.69) is 13.8 Å². The molecule has 2 N–H and O–H groups in total. The number of carbonyl (C=O) groups is 1. The van der Waals surface area contributed by atoms with Crippen LogP contribution in [-0.4, -0.2) is 21.8 Å². The van der Waals surface area contributed by atoms with Gasteiger partial charge in [0.25, 0.3) is 0 Å². The predicted octanol–water partition coefficient (Wildman–Crippen LogP) is 2.28. The quantitative estimate of drug-likeness (QED) is 0.694. The standard InChI is InChI=1S/C11H22O3/c1-5-8(3)7-9(6-2)11(4,14)10(12)13/h8-9,14H,5-7H2,1-4H3,(H,12,13). The van der Waals surface area contributed by atoms with Crippen molar-refractivity contribution in [1.82, 2.24) is 0 Å². The summed E-state index contributed by atoms with van der Waals surface area (Å²) in [6, 6.07) is 0. The van der Waals surface area contributed by atoms with Crippen molar-refractivity contribution in [2.24, 2.45) is 11.8 Å². The van der Waals surface area contributed by atoms with Crippen LogP contribution < -0.4 is 0 Å². The van der Waals surface area contributed by atoms with Crippen LogP contribution in [0.15, 0.2) is 0 Å². The molecule has 3 atom stereocenters. The van der Waals surface area contributed by atoms with Gasteiger partial charge in [0.2, 0.25) is 0 Å². The Morgan fingerprint density at radius 3 is 2.14 bits per heavy atom. The van der Waals surface area contributed by atoms with Crippen molar-refractivity contribution in [3.8, 4) is 0 Å². The Kier molecular flexibility index (Phi) is 5.13. The van der Waals surface area contributed by atoms with Gasteiger partial charge in [0.1, 0.15) is 0 Å². The van der Waals surface area contributed by atoms with Crippen molar-refractivity contribution >= 4 is 5.97 Å². The lowest BCUT2D eigenvalue weighted by Gasteiger charge is -2.30. The monoisotopic (exact) mass is 202 g/mol. The minimum atomic E-state index is -1.59. The second-order valence-electron chi connectivity index (χ2n) is 4.31. The van der Waals surface area contributed by atoms with Gasteiger partial charge in [-0.15, -0.1) is 0 Å². The van der Waals surface area contributed by atoms with Crippen molar-refractivity contribution in [3.05, 3.63) is 0 Å². The molecule has 14 heavy (non-hydrogen) atoms. The molecular formula is C11H22O3. The maximum atomic E-state index is 10.8. The van der Waals surface area contributed by atoms with Crippen molar-refractivity contribution in [2.75, 3.05) is 0 Å². The van der Waals surface area contributed by atoms with Gasteiger partial charge in [0.15, 0.2) is 5.60 Å². The average molecular weight is 202 g/mol. The van der Waals surface area contributed by atoms with E-state index in [1.807, 2.05) is 6.92 Å². The Labute approximate surface area is 86.1 Å². The predicted molar refractivity (Wildman–Crippen MR) is 56.1 cm³/mol. The summed E-state index contributed by atoms with van der Waals surface area (Å²) in [6.07, 6.45) is 2.49. The fourth-order valence-corrected chi connectivity index (χ4v) is 1.62. The van der Waals surface area contributed by atoms with E-state index in [-0.39, 0.29) is 5.92 Å². The highest BCUT2D eigenvalue weighted by atomic mass is 16.4. The topological polar surface area (TPSA) is 57.5 Å². The smallest absolute Gasteiger partial charge is 0.335 e. The molecule has 0 fully saturated rings. The second kappa shape index (κ2) is 5.35. The van der Waals surface area contributed by atoms with Gasteiger partial charge in [-0.05, 0) is 31.6 Å². The lowest BCUT2D eigenvalue weighted by Crippen LogP contribution is -2.43. The van der Waals surface area contributed by atoms with E-state index in [0.29, 0.717) is 12.3 Å². The van der Waals surface area contributed by atoms with E-state index in [1.165, 1.54) is 6.92 Å². The average Bonchev–Trinajstić information content (AvgIpc) is 2.12. The number of hydrogen-bond acceptors (Lipinski definition) is 2. The molecule has 3 heteroatoms. The highest BCUT2D eigenvalue weighted by Crippen LogP contribution is 2.28. The molecule has 0 saturated carbocycles. The van der Waals surface area contributed by atoms with E-state index >= 15 is 0 Å². The van der Waals surface area contributed by atoms with Crippen molar-refractivity contribution in [3.63, 3.8) is 0 Å². The molecule has 0 aromatic heterocycles. The zero-order valence-corrected chi connectivity index (χ0v) is 9.58. The lowest BCUT2D eigenvalue weighted by molar-refractivity contribution is -0.163. The Balaban J connectivity index is 4.47. The summed E-state index contributed by atoms with van der Waals surface area (Å²) in [5.74, 6) is -0.812. The molecule has 0 aliphatic rings. The third kappa shape index (κ3) is 3.29. The minimum absolute atomic E-state index is 0.157. The maximum absolute atomic E-state index is 10.8. The number of hydrogen-bond donors (Lipinski definition) is 2. The van der Waals surface area contributed by atoms with E-state index in [0.717, 1.165) is 12.8 Å². The third-order valence-corrected chi connectivity index (χ3v) is 3.10. The van der Waals surface area contributed by atoms with Crippen LogP contribution in [0.2, 0.25) is 0 Å². The van der Waals surface area contributed by atoms with Crippen LogP contribution in [0.5, 0.6) is 0 Å². The largest absolute Gasteiger partial charge is 0.479 e. The fourth-order valence-electron chi connectivity index (χ4n) is 1.62. The number of carboxylic acid groups (broad SMARTS) is 1. The first-order chi connectivity index (χ1) is 6.36. The van der Waals surface area contributed by atoms with Gasteiger partial charge >= 0.3 is 5.97 Å². The first-order valence-electron chi connectivity index (χ1n) is 5.31. The summed E-state index contributed by atoms with van der Waals surface area (Å²) in [4.78, 5) is 10.8. The molecule has 0 spiro atoms. The molecule has 0 heterocycles. The van der Waals surface area contributed by atoms with Crippen molar-refractivity contribution in [2.45, 2.75) is 52.6 Å². The first-order valence-corrected chi connectivity index (χ1v) is 5.31. The van der Waals surface area contributed by atoms with Gasteiger partial charge in [-0.3, -0.25) is 0 Å². The SMILES string of the molecule is CCC(C)CC(CC)C(C)(O)C(=O)O. The molecule has 0 aliphatic carbocycles. The highest BCUT2D eigenvalue weighted by molar-refractivity contribution is 5.76. The van der Waals surface area contributed by atoms with Gasteiger partial charge in [-0.1, -0.05) is 27.2 Å². The lowest BCUT2D eigenvalue weighted by atomic mass is 9.80. The van der Waals surface area contributed by atoms with Gasteiger partial charge in [-0.2, -0.15) is 0 Å². The number of carboxylic acids is 1. The van der Waals surface area contributed by atoms with E-state index in [4.69, 9.17) is 5.11 Å². The summed E-state index contributed by atoms with van der Waals surface area (Å²) >= 11 is 0. The summed E-state index contributed by atoms with van der Waals surface area (Å²) in [5, 5.41) is 18.7. The van der Waals surface area contributed by atoms with Gasteiger partial charge in [0, 0.05) is 0 Å². The first kappa shape index (κ1) is 13.4. The molecule has 84 valence electrons. The van der Waals surface area contributed by atoms with Crippen molar-refractivity contribution in [1.29, 1.82) is 0 Å². The highest BCUT2D eigenvalue weighted by Gasteiger charge is 2.38. The van der Waals surface area contributed by atoms with Crippen LogP contribution in [0.4, 0.5) is 0 Å². The van der Waals surface area contributed by atoms with Gasteiger partial charge in [-0.25, -0.2) is 4.79 Å². The normalized spacial score (nSPS) is 19.8. The van der Waals surface area contributed by atoms with Crippen LogP contribution in [0.1, 0.15) is 47.0 Å². The molecule has 0 rings (SSSR count). The van der Waals surface area contributed by atoms with Crippen LogP contribution >= 0.6 is 0 Å². The summed E-state index contributed by atoms with van der Waals surface area (Å²) in [7, 11) is 0. The molecule has 3 unspecified atom stereocenters. The van der Waals surface area contributed by atoms with E-state index in [9.17, 15) is 9.90 Å². The number of aliphatic hydroxyl groups is 1. The van der Waals surface area contributed by atoms with Gasteiger partial charge in [0.05, 0.1) is 0 Å². The Morgan fingerprint density at radius 1 is 1.36 bits per heavy atom. The third-order valence-electron chi connectivity index (χ3n) is 3.10. The molecule has 0 saturated heterocycles. The summed E-state index contributed by atoms with van der Waals surface area (Å²) < 4.78 is 0. The number of aliphatic carboxylic acids is 1. The maximum Gasteiger partial charge on any atom is 0.335 e. The molecule has 0 aromatic rings. The van der Waals surface area contributed by atoms with Crippen LogP contribution in [0, 0.1) is 11.8 Å². The minimum Gasteiger partial charge on any atom is -0.479 e. The Hall–Kier alpha value is -0.570. The molecule has 3 nitrogen and oxygen atoms in total. The fraction of sp³-hybridized carbons (Fsp3) is 0.909. The van der Waals surface area contributed by atoms with E-state index < -0.39 is 11.6 Å². The Bertz CT molecular complexity index is 187. The molecule has 0 radical (unpaired) electrons. The molecular weight excluding hydrogens is 180 g/mol. The number of rotatable bonds is 6. The van der Waals surface area contributed by atoms with E-state index in [1.54, 1.807) is 0 Å². The molecule has 0 bridgehead atoms. The van der Waals surface area contributed by atoms with Crippen molar-refractivity contribution < 1.29 is 15.0 Å². The molecule has 0 amide bonds. The second-order valence-corrected chi connectivity index (χ2v) is 4.31. The summed E-state index contributed by atoms with van der Waals surface area (Å²) in [6.45, 7) is 7.48. The molecule has 0 aliphatic heterocycles. The van der Waals surface area contributed by atoms with Crippen LogP contribution in [0.3, 0.4) is 0 Å². The van der Waals surface area contributed by atoms with Gasteiger partial charge < -0.3 is 10.2 Å². The zero-order valence-electron chi connectivity index (χ0n) is 9.58. The van der Waals surface area contributed by atoms with Crippen LogP contribution in [-0.2, 0) is 4.79 Å². The summed E-state index contributed by atoms with van der Waals surface area (Å²) in [5.41, 5.74) is -1.59.